The van der Waals surface area contributed by atoms with E-state index in [1.165, 1.54) is 12.1 Å². The molecule has 28 heavy (non-hydrogen) atoms. The van der Waals surface area contributed by atoms with Crippen LogP contribution in [0.5, 0.6) is 0 Å². The third-order valence-electron chi connectivity index (χ3n) is 5.50. The van der Waals surface area contributed by atoms with E-state index >= 15 is 0 Å². The molecule has 2 aliphatic heterocycles. The molecule has 1 amide bonds. The maximum Gasteiger partial charge on any atom is 0.225 e. The van der Waals surface area contributed by atoms with Crippen molar-refractivity contribution in [2.75, 3.05) is 25.0 Å². The second kappa shape index (κ2) is 8.30. The molecule has 0 spiro atoms. The third-order valence-corrected chi connectivity index (χ3v) is 5.50. The van der Waals surface area contributed by atoms with Crippen LogP contribution in [-0.4, -0.2) is 41.5 Å². The lowest BCUT2D eigenvalue weighted by atomic mass is 9.85. The van der Waals surface area contributed by atoms with E-state index in [1.807, 2.05) is 0 Å². The zero-order chi connectivity index (χ0) is 19.5. The van der Waals surface area contributed by atoms with Crippen molar-refractivity contribution in [1.82, 2.24) is 20.7 Å². The van der Waals surface area contributed by atoms with E-state index in [9.17, 15) is 13.6 Å². The molecule has 2 saturated heterocycles. The van der Waals surface area contributed by atoms with E-state index in [0.717, 1.165) is 25.1 Å². The Balaban J connectivity index is 1.34. The van der Waals surface area contributed by atoms with Gasteiger partial charge in [-0.05, 0) is 42.8 Å². The van der Waals surface area contributed by atoms with Crippen LogP contribution >= 0.6 is 0 Å². The summed E-state index contributed by atoms with van der Waals surface area (Å²) >= 11 is 0. The van der Waals surface area contributed by atoms with Crippen LogP contribution in [0.2, 0.25) is 0 Å². The average molecular weight is 387 g/mol. The van der Waals surface area contributed by atoms with E-state index in [2.05, 4.69) is 26.1 Å². The molecule has 4 rings (SSSR count). The predicted octanol–water partition coefficient (Wildman–Crippen LogP) is 2.23. The third kappa shape index (κ3) is 4.19. The summed E-state index contributed by atoms with van der Waals surface area (Å²) in [5.74, 6) is -1.49. The summed E-state index contributed by atoms with van der Waals surface area (Å²) in [5, 5.41) is 2.84. The van der Waals surface area contributed by atoms with Crippen LogP contribution in [0.25, 0.3) is 0 Å². The maximum absolute atomic E-state index is 13.6. The molecule has 2 aromatic rings. The lowest BCUT2D eigenvalue weighted by Gasteiger charge is -2.36. The smallest absolute Gasteiger partial charge is 0.225 e. The van der Waals surface area contributed by atoms with E-state index in [0.29, 0.717) is 18.7 Å². The molecule has 2 fully saturated rings. The number of hydrogen-bond donors (Lipinski definition) is 3. The number of nitrogens with one attached hydrogen (secondary N) is 3. The van der Waals surface area contributed by atoms with Crippen LogP contribution in [0.4, 0.5) is 14.5 Å². The first-order chi connectivity index (χ1) is 13.6. The summed E-state index contributed by atoms with van der Waals surface area (Å²) in [5.41, 5.74) is 7.93. The van der Waals surface area contributed by atoms with Gasteiger partial charge in [0.2, 0.25) is 5.91 Å². The van der Waals surface area contributed by atoms with Crippen LogP contribution in [-0.2, 0) is 4.79 Å². The highest BCUT2D eigenvalue weighted by molar-refractivity contribution is 5.90. The van der Waals surface area contributed by atoms with Crippen LogP contribution in [0, 0.1) is 17.6 Å². The molecule has 0 aliphatic carbocycles. The monoisotopic (exact) mass is 387 g/mol. The van der Waals surface area contributed by atoms with Crippen molar-refractivity contribution in [2.45, 2.75) is 24.9 Å². The summed E-state index contributed by atoms with van der Waals surface area (Å²) in [6.07, 6.45) is 4.60. The number of hydrazine groups is 1. The number of hydrogen-bond acceptors (Lipinski definition) is 5. The average Bonchev–Trinajstić information content (AvgIpc) is 3.12. The first-order valence-electron chi connectivity index (χ1n) is 9.48. The molecular formula is C20H23F2N5O. The van der Waals surface area contributed by atoms with E-state index < -0.39 is 11.6 Å². The molecule has 148 valence electrons. The molecule has 3 heterocycles. The predicted molar refractivity (Wildman–Crippen MR) is 101 cm³/mol. The summed E-state index contributed by atoms with van der Waals surface area (Å²) in [6.45, 7) is 2.33. The minimum absolute atomic E-state index is 0.0463. The number of nitrogens with zero attached hydrogens (tertiary/aromatic N) is 2. The number of halogens is 2. The Hall–Kier alpha value is -2.42. The molecule has 0 saturated carbocycles. The van der Waals surface area contributed by atoms with Gasteiger partial charge in [-0.15, -0.1) is 0 Å². The standard InChI is InChI=1S/C20H23F2N5O/c21-16-4-3-13(10-17(16)22)20-15-12-27(8-5-18(15)25-26-20)9-6-19(28)24-14-2-1-7-23-11-14/h1-4,7,10-11,15,18,20,25-26H,5-6,8-9,12H2,(H,24,28). The molecule has 1 aromatic heterocycles. The van der Waals surface area contributed by atoms with Crippen molar-refractivity contribution >= 4 is 11.6 Å². The number of pyridine rings is 1. The Morgan fingerprint density at radius 2 is 2.14 bits per heavy atom. The second-order valence-corrected chi connectivity index (χ2v) is 7.34. The molecule has 1 aromatic carbocycles. The van der Waals surface area contributed by atoms with Crippen LogP contribution in [0.15, 0.2) is 42.7 Å². The van der Waals surface area contributed by atoms with E-state index in [-0.39, 0.29) is 23.9 Å². The van der Waals surface area contributed by atoms with Crippen LogP contribution in [0.1, 0.15) is 24.4 Å². The molecule has 3 unspecified atom stereocenters. The number of amides is 1. The van der Waals surface area contributed by atoms with Crippen molar-refractivity contribution in [1.29, 1.82) is 0 Å². The molecule has 2 aliphatic rings. The molecule has 8 heteroatoms. The highest BCUT2D eigenvalue weighted by Gasteiger charge is 2.40. The number of likely N-dealkylation sites (tertiary alicyclic amines) is 1. The fourth-order valence-electron chi connectivity index (χ4n) is 4.03. The lowest BCUT2D eigenvalue weighted by Crippen LogP contribution is -2.46. The zero-order valence-electron chi connectivity index (χ0n) is 15.4. The Bertz CT molecular complexity index is 835. The van der Waals surface area contributed by atoms with Crippen molar-refractivity contribution in [2.24, 2.45) is 5.92 Å². The second-order valence-electron chi connectivity index (χ2n) is 7.34. The SMILES string of the molecule is O=C(CCN1CCC2NNC(c3ccc(F)c(F)c3)C2C1)Nc1cccnc1. The molecule has 3 N–H and O–H groups in total. The van der Waals surface area contributed by atoms with Gasteiger partial charge in [-0.3, -0.25) is 15.2 Å². The molecule has 6 nitrogen and oxygen atoms in total. The minimum atomic E-state index is -0.837. The normalized spacial score (nSPS) is 24.7. The Morgan fingerprint density at radius 3 is 2.93 bits per heavy atom. The number of benzene rings is 1. The van der Waals surface area contributed by atoms with Crippen molar-refractivity contribution in [3.63, 3.8) is 0 Å². The lowest BCUT2D eigenvalue weighted by molar-refractivity contribution is -0.116. The number of anilines is 1. The van der Waals surface area contributed by atoms with Gasteiger partial charge in [-0.25, -0.2) is 14.2 Å². The summed E-state index contributed by atoms with van der Waals surface area (Å²) in [4.78, 5) is 18.4. The minimum Gasteiger partial charge on any atom is -0.325 e. The van der Waals surface area contributed by atoms with Gasteiger partial charge in [0.05, 0.1) is 17.9 Å². The van der Waals surface area contributed by atoms with Crippen molar-refractivity contribution in [3.05, 3.63) is 59.9 Å². The molecule has 3 atom stereocenters. The largest absolute Gasteiger partial charge is 0.325 e. The number of piperidine rings is 1. The maximum atomic E-state index is 13.6. The molecule has 0 bridgehead atoms. The van der Waals surface area contributed by atoms with E-state index in [1.54, 1.807) is 30.6 Å². The van der Waals surface area contributed by atoms with Gasteiger partial charge in [0, 0.05) is 37.7 Å². The summed E-state index contributed by atoms with van der Waals surface area (Å²) in [7, 11) is 0. The molecular weight excluding hydrogens is 364 g/mol. The summed E-state index contributed by atoms with van der Waals surface area (Å²) in [6, 6.07) is 7.82. The number of carbonyl (C=O) groups excluding carboxylic acids is 1. The van der Waals surface area contributed by atoms with Gasteiger partial charge in [0.15, 0.2) is 11.6 Å². The quantitative estimate of drug-likeness (QED) is 0.734. The van der Waals surface area contributed by atoms with Gasteiger partial charge < -0.3 is 10.2 Å². The van der Waals surface area contributed by atoms with Gasteiger partial charge in [-0.1, -0.05) is 6.07 Å². The fourth-order valence-corrected chi connectivity index (χ4v) is 4.03. The Morgan fingerprint density at radius 1 is 1.25 bits per heavy atom. The van der Waals surface area contributed by atoms with Crippen molar-refractivity contribution < 1.29 is 13.6 Å². The van der Waals surface area contributed by atoms with E-state index in [4.69, 9.17) is 0 Å². The van der Waals surface area contributed by atoms with Gasteiger partial charge in [0.1, 0.15) is 0 Å². The Labute approximate surface area is 162 Å². The number of carbonyl (C=O) groups is 1. The number of fused-ring (bicyclic) bond motifs is 1. The first-order valence-corrected chi connectivity index (χ1v) is 9.48. The van der Waals surface area contributed by atoms with Crippen molar-refractivity contribution in [3.8, 4) is 0 Å². The summed E-state index contributed by atoms with van der Waals surface area (Å²) < 4.78 is 26.9. The molecule has 0 radical (unpaired) electrons. The number of rotatable bonds is 5. The number of aromatic nitrogens is 1. The zero-order valence-corrected chi connectivity index (χ0v) is 15.4. The highest BCUT2D eigenvalue weighted by Crippen LogP contribution is 2.34. The Kier molecular flexibility index (Phi) is 5.61. The fraction of sp³-hybridized carbons (Fsp3) is 0.400. The highest BCUT2D eigenvalue weighted by atomic mass is 19.2. The van der Waals surface area contributed by atoms with Crippen LogP contribution in [0.3, 0.4) is 0 Å². The van der Waals surface area contributed by atoms with Gasteiger partial charge in [-0.2, -0.15) is 0 Å². The van der Waals surface area contributed by atoms with Crippen LogP contribution < -0.4 is 16.2 Å². The first kappa shape index (κ1) is 18.9. The van der Waals surface area contributed by atoms with Gasteiger partial charge >= 0.3 is 0 Å². The van der Waals surface area contributed by atoms with Gasteiger partial charge in [0.25, 0.3) is 0 Å². The topological polar surface area (TPSA) is 69.3 Å².